The van der Waals surface area contributed by atoms with Gasteiger partial charge in [0, 0.05) is 6.61 Å². The summed E-state index contributed by atoms with van der Waals surface area (Å²) in [5, 5.41) is 0. The fourth-order valence-electron chi connectivity index (χ4n) is 2.32. The summed E-state index contributed by atoms with van der Waals surface area (Å²) in [4.78, 5) is 11.8. The molecule has 1 saturated heterocycles. The van der Waals surface area contributed by atoms with Gasteiger partial charge in [0.05, 0.1) is 26.2 Å². The minimum absolute atomic E-state index is 0.0689. The first-order valence-electron chi connectivity index (χ1n) is 7.17. The van der Waals surface area contributed by atoms with Crippen LogP contribution in [0.15, 0.2) is 24.3 Å². The van der Waals surface area contributed by atoms with Crippen molar-refractivity contribution in [1.29, 1.82) is 0 Å². The molecule has 1 unspecified atom stereocenters. The zero-order valence-corrected chi connectivity index (χ0v) is 12.0. The largest absolute Gasteiger partial charge is 0.497 e. The zero-order valence-electron chi connectivity index (χ0n) is 12.0. The Balaban J connectivity index is 1.66. The molecular formula is C16H22O4. The molecule has 1 aliphatic heterocycles. The molecule has 110 valence electrons. The average molecular weight is 278 g/mol. The molecule has 1 heterocycles. The van der Waals surface area contributed by atoms with Crippen LogP contribution in [-0.4, -0.2) is 32.9 Å². The lowest BCUT2D eigenvalue weighted by Crippen LogP contribution is -2.27. The molecule has 0 N–H and O–H groups in total. The first-order valence-corrected chi connectivity index (χ1v) is 7.17. The van der Waals surface area contributed by atoms with Gasteiger partial charge in [0.15, 0.2) is 0 Å². The van der Waals surface area contributed by atoms with Crippen LogP contribution in [-0.2, 0) is 20.7 Å². The van der Waals surface area contributed by atoms with Crippen LogP contribution in [0.5, 0.6) is 5.75 Å². The van der Waals surface area contributed by atoms with E-state index in [9.17, 15) is 4.79 Å². The molecule has 0 saturated carbocycles. The molecule has 0 amide bonds. The summed E-state index contributed by atoms with van der Waals surface area (Å²) in [5.41, 5.74) is 1.20. The highest BCUT2D eigenvalue weighted by Gasteiger charge is 2.22. The lowest BCUT2D eigenvalue weighted by molar-refractivity contribution is -0.153. The second-order valence-electron chi connectivity index (χ2n) is 5.04. The monoisotopic (exact) mass is 278 g/mol. The van der Waals surface area contributed by atoms with Crippen LogP contribution < -0.4 is 4.74 Å². The SMILES string of the molecule is COc1cccc(CCCOC(=O)C2CCCOC2)c1. The molecule has 0 bridgehead atoms. The molecule has 4 heteroatoms. The van der Waals surface area contributed by atoms with Crippen molar-refractivity contribution in [1.82, 2.24) is 0 Å². The third-order valence-corrected chi connectivity index (χ3v) is 3.48. The average Bonchev–Trinajstić information content (AvgIpc) is 2.52. The van der Waals surface area contributed by atoms with Crippen LogP contribution in [0.3, 0.4) is 0 Å². The Labute approximate surface area is 120 Å². The Morgan fingerprint density at radius 3 is 3.10 bits per heavy atom. The van der Waals surface area contributed by atoms with Gasteiger partial charge in [0.25, 0.3) is 0 Å². The predicted molar refractivity (Wildman–Crippen MR) is 75.8 cm³/mol. The van der Waals surface area contributed by atoms with Crippen molar-refractivity contribution in [3.63, 3.8) is 0 Å². The maximum absolute atomic E-state index is 11.8. The Hall–Kier alpha value is -1.55. The maximum Gasteiger partial charge on any atom is 0.311 e. The lowest BCUT2D eigenvalue weighted by atomic mass is 10.0. The van der Waals surface area contributed by atoms with E-state index >= 15 is 0 Å². The second-order valence-corrected chi connectivity index (χ2v) is 5.04. The van der Waals surface area contributed by atoms with Crippen molar-refractivity contribution in [2.45, 2.75) is 25.7 Å². The number of rotatable bonds is 6. The number of ether oxygens (including phenoxy) is 3. The number of carbonyl (C=O) groups is 1. The van der Waals surface area contributed by atoms with Crippen LogP contribution in [0.1, 0.15) is 24.8 Å². The van der Waals surface area contributed by atoms with Gasteiger partial charge >= 0.3 is 5.97 Å². The number of benzene rings is 1. The zero-order chi connectivity index (χ0) is 14.2. The van der Waals surface area contributed by atoms with Gasteiger partial charge in [-0.25, -0.2) is 0 Å². The molecule has 20 heavy (non-hydrogen) atoms. The molecule has 0 spiro atoms. The van der Waals surface area contributed by atoms with Crippen molar-refractivity contribution in [2.24, 2.45) is 5.92 Å². The quantitative estimate of drug-likeness (QED) is 0.592. The van der Waals surface area contributed by atoms with Gasteiger partial charge < -0.3 is 14.2 Å². The number of hydrogen-bond donors (Lipinski definition) is 0. The molecule has 1 aliphatic rings. The van der Waals surface area contributed by atoms with Crippen molar-refractivity contribution in [3.8, 4) is 5.75 Å². The van der Waals surface area contributed by atoms with E-state index in [1.54, 1.807) is 7.11 Å². The highest BCUT2D eigenvalue weighted by atomic mass is 16.5. The number of hydrogen-bond acceptors (Lipinski definition) is 4. The number of esters is 1. The van der Waals surface area contributed by atoms with Crippen molar-refractivity contribution in [2.75, 3.05) is 26.9 Å². The van der Waals surface area contributed by atoms with E-state index in [1.807, 2.05) is 18.2 Å². The van der Waals surface area contributed by atoms with E-state index in [0.29, 0.717) is 13.2 Å². The molecule has 2 rings (SSSR count). The molecule has 0 aliphatic carbocycles. The normalized spacial score (nSPS) is 18.6. The van der Waals surface area contributed by atoms with Gasteiger partial charge in [0.2, 0.25) is 0 Å². The van der Waals surface area contributed by atoms with Crippen LogP contribution >= 0.6 is 0 Å². The van der Waals surface area contributed by atoms with Crippen molar-refractivity contribution < 1.29 is 19.0 Å². The van der Waals surface area contributed by atoms with Gasteiger partial charge in [-0.1, -0.05) is 12.1 Å². The smallest absolute Gasteiger partial charge is 0.311 e. The van der Waals surface area contributed by atoms with E-state index in [4.69, 9.17) is 14.2 Å². The minimum atomic E-state index is -0.115. The van der Waals surface area contributed by atoms with Crippen molar-refractivity contribution in [3.05, 3.63) is 29.8 Å². The predicted octanol–water partition coefficient (Wildman–Crippen LogP) is 2.60. The molecule has 1 atom stereocenters. The first-order chi connectivity index (χ1) is 9.79. The van der Waals surface area contributed by atoms with Crippen LogP contribution in [0.2, 0.25) is 0 Å². The van der Waals surface area contributed by atoms with Crippen LogP contribution in [0.4, 0.5) is 0 Å². The molecule has 1 fully saturated rings. The first kappa shape index (κ1) is 14.9. The van der Waals surface area contributed by atoms with E-state index < -0.39 is 0 Å². The Morgan fingerprint density at radius 1 is 1.45 bits per heavy atom. The van der Waals surface area contributed by atoms with E-state index in [0.717, 1.165) is 38.0 Å². The fraction of sp³-hybridized carbons (Fsp3) is 0.562. The third-order valence-electron chi connectivity index (χ3n) is 3.48. The highest BCUT2D eigenvalue weighted by Crippen LogP contribution is 2.16. The van der Waals surface area contributed by atoms with Gasteiger partial charge in [-0.2, -0.15) is 0 Å². The summed E-state index contributed by atoms with van der Waals surface area (Å²) in [6, 6.07) is 7.96. The Kier molecular flexibility index (Phi) is 5.87. The Bertz CT molecular complexity index is 424. The standard InChI is InChI=1S/C16H22O4/c1-18-15-8-2-5-13(11-15)6-3-10-20-16(17)14-7-4-9-19-12-14/h2,5,8,11,14H,3-4,6-7,9-10,12H2,1H3. The third kappa shape index (κ3) is 4.53. The van der Waals surface area contributed by atoms with Gasteiger partial charge in [-0.05, 0) is 43.4 Å². The maximum atomic E-state index is 11.8. The van der Waals surface area contributed by atoms with Crippen molar-refractivity contribution >= 4 is 5.97 Å². The highest BCUT2D eigenvalue weighted by molar-refractivity contribution is 5.72. The number of aryl methyl sites for hydroxylation is 1. The summed E-state index contributed by atoms with van der Waals surface area (Å²) in [6.45, 7) is 1.74. The summed E-state index contributed by atoms with van der Waals surface area (Å²) in [5.74, 6) is 0.676. The van der Waals surface area contributed by atoms with E-state index in [2.05, 4.69) is 6.07 Å². The summed E-state index contributed by atoms with van der Waals surface area (Å²) in [7, 11) is 1.66. The van der Waals surface area contributed by atoms with Crippen LogP contribution in [0, 0.1) is 5.92 Å². The molecule has 4 nitrogen and oxygen atoms in total. The topological polar surface area (TPSA) is 44.8 Å². The summed E-state index contributed by atoms with van der Waals surface area (Å²) >= 11 is 0. The van der Waals surface area contributed by atoms with Gasteiger partial charge in [-0.15, -0.1) is 0 Å². The molecule has 1 aromatic rings. The van der Waals surface area contributed by atoms with E-state index in [-0.39, 0.29) is 11.9 Å². The van der Waals surface area contributed by atoms with Crippen LogP contribution in [0.25, 0.3) is 0 Å². The molecule has 0 radical (unpaired) electrons. The van der Waals surface area contributed by atoms with Gasteiger partial charge in [0.1, 0.15) is 5.75 Å². The lowest BCUT2D eigenvalue weighted by Gasteiger charge is -2.20. The molecule has 0 aromatic heterocycles. The molecular weight excluding hydrogens is 256 g/mol. The minimum Gasteiger partial charge on any atom is -0.497 e. The van der Waals surface area contributed by atoms with Gasteiger partial charge in [-0.3, -0.25) is 4.79 Å². The fourth-order valence-corrected chi connectivity index (χ4v) is 2.32. The molecule has 1 aromatic carbocycles. The number of methoxy groups -OCH3 is 1. The summed E-state index contributed by atoms with van der Waals surface area (Å²) < 4.78 is 15.8. The summed E-state index contributed by atoms with van der Waals surface area (Å²) in [6.07, 6.45) is 3.54. The Morgan fingerprint density at radius 2 is 2.35 bits per heavy atom. The second kappa shape index (κ2) is 7.90. The van der Waals surface area contributed by atoms with E-state index in [1.165, 1.54) is 5.56 Å². The number of carbonyl (C=O) groups excluding carboxylic acids is 1.